The van der Waals surface area contributed by atoms with Crippen LogP contribution >= 0.6 is 11.6 Å². The standard InChI is InChI=1S/C27H30ClN3O2/c1-6-7-12-23-30(4)25-17(2)24(28)18(3)29-26(25)31(23)20-15-13-19(14-16-20)21-10-8-9-11-22(21)27(32)33-5/h8-11,13-16,23H,6-7,12H2,1-5H3. The summed E-state index contributed by atoms with van der Waals surface area (Å²) in [6.45, 7) is 6.24. The Hall–Kier alpha value is -3.05. The van der Waals surface area contributed by atoms with Gasteiger partial charge in [-0.3, -0.25) is 0 Å². The summed E-state index contributed by atoms with van der Waals surface area (Å²) in [5.74, 6) is 0.608. The molecule has 3 aromatic rings. The molecular formula is C27H30ClN3O2. The molecular weight excluding hydrogens is 434 g/mol. The van der Waals surface area contributed by atoms with Crippen LogP contribution in [-0.4, -0.2) is 31.3 Å². The van der Waals surface area contributed by atoms with Crippen LogP contribution in [0.2, 0.25) is 5.02 Å². The Kier molecular flexibility index (Phi) is 6.61. The van der Waals surface area contributed by atoms with Crippen molar-refractivity contribution >= 4 is 34.8 Å². The number of ether oxygens (including phenoxy) is 1. The van der Waals surface area contributed by atoms with Gasteiger partial charge in [0, 0.05) is 12.7 Å². The highest BCUT2D eigenvalue weighted by atomic mass is 35.5. The third-order valence-electron chi connectivity index (χ3n) is 6.42. The van der Waals surface area contributed by atoms with Crippen molar-refractivity contribution in [2.75, 3.05) is 24.0 Å². The third kappa shape index (κ3) is 4.06. The lowest BCUT2D eigenvalue weighted by Gasteiger charge is -2.30. The first-order valence-electron chi connectivity index (χ1n) is 11.4. The number of aromatic nitrogens is 1. The number of rotatable bonds is 6. The van der Waals surface area contributed by atoms with E-state index in [2.05, 4.69) is 55.0 Å². The predicted octanol–water partition coefficient (Wildman–Crippen LogP) is 6.91. The van der Waals surface area contributed by atoms with E-state index in [-0.39, 0.29) is 12.1 Å². The molecule has 1 unspecified atom stereocenters. The van der Waals surface area contributed by atoms with Gasteiger partial charge in [0.05, 0.1) is 29.1 Å². The van der Waals surface area contributed by atoms with Crippen LogP contribution in [0.3, 0.4) is 0 Å². The van der Waals surface area contributed by atoms with Gasteiger partial charge in [-0.05, 0) is 61.6 Å². The molecule has 0 fully saturated rings. The molecule has 6 heteroatoms. The summed E-state index contributed by atoms with van der Waals surface area (Å²) < 4.78 is 4.97. The van der Waals surface area contributed by atoms with Crippen LogP contribution in [0.1, 0.15) is 47.8 Å². The van der Waals surface area contributed by atoms with E-state index < -0.39 is 0 Å². The molecule has 0 saturated heterocycles. The maximum atomic E-state index is 12.2. The summed E-state index contributed by atoms with van der Waals surface area (Å²) in [5, 5.41) is 0.728. The van der Waals surface area contributed by atoms with Crippen molar-refractivity contribution < 1.29 is 9.53 Å². The Morgan fingerprint density at radius 3 is 2.48 bits per heavy atom. The fraction of sp³-hybridized carbons (Fsp3) is 0.333. The van der Waals surface area contributed by atoms with Gasteiger partial charge in [0.2, 0.25) is 0 Å². The molecule has 172 valence electrons. The Morgan fingerprint density at radius 1 is 1.12 bits per heavy atom. The van der Waals surface area contributed by atoms with Crippen LogP contribution < -0.4 is 9.80 Å². The largest absolute Gasteiger partial charge is 0.465 e. The number of hydrogen-bond acceptors (Lipinski definition) is 5. The smallest absolute Gasteiger partial charge is 0.338 e. The van der Waals surface area contributed by atoms with Gasteiger partial charge in [0.15, 0.2) is 5.82 Å². The molecule has 0 aliphatic carbocycles. The molecule has 2 heterocycles. The molecule has 0 spiro atoms. The van der Waals surface area contributed by atoms with Crippen molar-refractivity contribution in [2.45, 2.75) is 46.2 Å². The number of pyridine rings is 1. The summed E-state index contributed by atoms with van der Waals surface area (Å²) in [6, 6.07) is 15.8. The second-order valence-corrected chi connectivity index (χ2v) is 8.87. The number of carbonyl (C=O) groups is 1. The van der Waals surface area contributed by atoms with Gasteiger partial charge in [-0.2, -0.15) is 0 Å². The average molecular weight is 464 g/mol. The van der Waals surface area contributed by atoms with Crippen molar-refractivity contribution in [1.82, 2.24) is 4.98 Å². The molecule has 0 radical (unpaired) electrons. The molecule has 1 aliphatic heterocycles. The van der Waals surface area contributed by atoms with Crippen molar-refractivity contribution in [3.05, 3.63) is 70.4 Å². The zero-order valence-electron chi connectivity index (χ0n) is 19.9. The highest BCUT2D eigenvalue weighted by Gasteiger charge is 2.37. The fourth-order valence-corrected chi connectivity index (χ4v) is 4.82. The normalized spacial score (nSPS) is 15.0. The second-order valence-electron chi connectivity index (χ2n) is 8.50. The second kappa shape index (κ2) is 9.44. The van der Waals surface area contributed by atoms with Gasteiger partial charge in [0.1, 0.15) is 6.17 Å². The van der Waals surface area contributed by atoms with E-state index in [1.165, 1.54) is 7.11 Å². The Bertz CT molecular complexity index is 1180. The first-order valence-corrected chi connectivity index (χ1v) is 11.7. The minimum atomic E-state index is -0.337. The molecule has 4 rings (SSSR count). The molecule has 0 saturated carbocycles. The number of benzene rings is 2. The van der Waals surface area contributed by atoms with Crippen LogP contribution in [0, 0.1) is 13.8 Å². The molecule has 1 aliphatic rings. The van der Waals surface area contributed by atoms with E-state index >= 15 is 0 Å². The lowest BCUT2D eigenvalue weighted by atomic mass is 9.99. The summed E-state index contributed by atoms with van der Waals surface area (Å²) in [6.07, 6.45) is 3.43. The minimum absolute atomic E-state index is 0.164. The lowest BCUT2D eigenvalue weighted by Crippen LogP contribution is -2.38. The highest BCUT2D eigenvalue weighted by Crippen LogP contribution is 2.47. The lowest BCUT2D eigenvalue weighted by molar-refractivity contribution is 0.0601. The number of unbranched alkanes of at least 4 members (excludes halogenated alkanes) is 1. The van der Waals surface area contributed by atoms with Crippen LogP contribution in [0.5, 0.6) is 0 Å². The predicted molar refractivity (Wildman–Crippen MR) is 136 cm³/mol. The minimum Gasteiger partial charge on any atom is -0.465 e. The van der Waals surface area contributed by atoms with Gasteiger partial charge < -0.3 is 14.5 Å². The number of hydrogen-bond donors (Lipinski definition) is 0. The SMILES string of the molecule is CCCCC1N(C)c2c(nc(C)c(Cl)c2C)N1c1ccc(-c2ccccc2C(=O)OC)cc1. The van der Waals surface area contributed by atoms with Gasteiger partial charge in [-0.15, -0.1) is 0 Å². The summed E-state index contributed by atoms with van der Waals surface area (Å²) in [5.41, 5.74) is 6.44. The van der Waals surface area contributed by atoms with Gasteiger partial charge >= 0.3 is 5.97 Å². The van der Waals surface area contributed by atoms with Gasteiger partial charge in [-0.25, -0.2) is 9.78 Å². The van der Waals surface area contributed by atoms with E-state index in [4.69, 9.17) is 21.3 Å². The molecule has 2 aromatic carbocycles. The van der Waals surface area contributed by atoms with Crippen molar-refractivity contribution in [2.24, 2.45) is 0 Å². The Balaban J connectivity index is 1.78. The average Bonchev–Trinajstić information content (AvgIpc) is 3.11. The number of esters is 1. The molecule has 33 heavy (non-hydrogen) atoms. The summed E-state index contributed by atoms with van der Waals surface area (Å²) >= 11 is 6.57. The number of methoxy groups -OCH3 is 1. The zero-order valence-corrected chi connectivity index (χ0v) is 20.6. The maximum absolute atomic E-state index is 12.2. The molecule has 0 N–H and O–H groups in total. The quantitative estimate of drug-likeness (QED) is 0.371. The fourth-order valence-electron chi connectivity index (χ4n) is 4.69. The van der Waals surface area contributed by atoms with E-state index in [0.29, 0.717) is 5.56 Å². The zero-order chi connectivity index (χ0) is 23.7. The molecule has 1 aromatic heterocycles. The van der Waals surface area contributed by atoms with Crippen molar-refractivity contribution in [3.8, 4) is 11.1 Å². The first-order chi connectivity index (χ1) is 15.9. The Morgan fingerprint density at radius 2 is 1.82 bits per heavy atom. The highest BCUT2D eigenvalue weighted by molar-refractivity contribution is 6.32. The van der Waals surface area contributed by atoms with Crippen LogP contribution in [0.25, 0.3) is 11.1 Å². The summed E-state index contributed by atoms with van der Waals surface area (Å²) in [7, 11) is 3.53. The molecule has 0 bridgehead atoms. The van der Waals surface area contributed by atoms with Gasteiger partial charge in [-0.1, -0.05) is 55.3 Å². The van der Waals surface area contributed by atoms with E-state index in [1.54, 1.807) is 6.07 Å². The number of aryl methyl sites for hydroxylation is 1. The number of anilines is 3. The number of fused-ring (bicyclic) bond motifs is 1. The van der Waals surface area contributed by atoms with Crippen LogP contribution in [-0.2, 0) is 4.74 Å². The topological polar surface area (TPSA) is 45.7 Å². The van der Waals surface area contributed by atoms with E-state index in [1.807, 2.05) is 25.1 Å². The number of nitrogens with zero attached hydrogens (tertiary/aromatic N) is 3. The molecule has 5 nitrogen and oxygen atoms in total. The van der Waals surface area contributed by atoms with E-state index in [0.717, 1.165) is 63.9 Å². The first kappa shape index (κ1) is 23.1. The summed E-state index contributed by atoms with van der Waals surface area (Å²) in [4.78, 5) is 21.8. The maximum Gasteiger partial charge on any atom is 0.338 e. The third-order valence-corrected chi connectivity index (χ3v) is 6.98. The Labute approximate surface area is 201 Å². The van der Waals surface area contributed by atoms with Crippen molar-refractivity contribution in [1.29, 1.82) is 0 Å². The van der Waals surface area contributed by atoms with Crippen LogP contribution in [0.15, 0.2) is 48.5 Å². The van der Waals surface area contributed by atoms with Gasteiger partial charge in [0.25, 0.3) is 0 Å². The van der Waals surface area contributed by atoms with Crippen LogP contribution in [0.4, 0.5) is 17.2 Å². The van der Waals surface area contributed by atoms with Crippen molar-refractivity contribution in [3.63, 3.8) is 0 Å². The molecule has 0 amide bonds. The number of halogens is 1. The monoisotopic (exact) mass is 463 g/mol. The number of carbonyl (C=O) groups excluding carboxylic acids is 1. The van der Waals surface area contributed by atoms with E-state index in [9.17, 15) is 4.79 Å². The molecule has 1 atom stereocenters.